The van der Waals surface area contributed by atoms with E-state index in [4.69, 9.17) is 37.9 Å². The Bertz CT molecular complexity index is 2010. The molecule has 0 aromatic rings. The minimum atomic E-state index is -1.78. The van der Waals surface area contributed by atoms with E-state index in [1.54, 1.807) is 0 Å². The number of rotatable bonds is 16. The third-order valence-corrected chi connectivity index (χ3v) is 20.6. The summed E-state index contributed by atoms with van der Waals surface area (Å²) in [5, 5.41) is 172. The van der Waals surface area contributed by atoms with Crippen molar-refractivity contribution in [3.8, 4) is 0 Å². The van der Waals surface area contributed by atoms with E-state index in [-0.39, 0.29) is 34.0 Å². The van der Waals surface area contributed by atoms with Crippen LogP contribution in [0.5, 0.6) is 0 Å². The van der Waals surface area contributed by atoms with Gasteiger partial charge < -0.3 is 120 Å². The number of ether oxygens (including phenoxy) is 8. The molecule has 24 nitrogen and oxygen atoms in total. The topological polar surface area (TPSA) is 398 Å². The van der Waals surface area contributed by atoms with Gasteiger partial charge in [0, 0.05) is 5.41 Å². The van der Waals surface area contributed by atoms with E-state index < -0.39 is 184 Å². The average Bonchev–Trinajstić information content (AvgIpc) is 3.70. The summed E-state index contributed by atoms with van der Waals surface area (Å²) in [5.74, 6) is -0.194. The second kappa shape index (κ2) is 23.1. The minimum Gasteiger partial charge on any atom is -0.394 e. The molecular formula is C53H90O24. The fourth-order valence-corrected chi connectivity index (χ4v) is 15.4. The lowest BCUT2D eigenvalue weighted by Gasteiger charge is -2.66. The van der Waals surface area contributed by atoms with Crippen LogP contribution in [0, 0.1) is 45.3 Å². The van der Waals surface area contributed by atoms with Crippen LogP contribution < -0.4 is 0 Å². The summed E-state index contributed by atoms with van der Waals surface area (Å²) in [6, 6.07) is 0. The lowest BCUT2D eigenvalue weighted by atomic mass is 9.39. The normalized spacial score (nSPS) is 50.9. The number of hydrogen-bond acceptors (Lipinski definition) is 24. The van der Waals surface area contributed by atoms with E-state index in [2.05, 4.69) is 40.7 Å². The highest BCUT2D eigenvalue weighted by Crippen LogP contribution is 2.75. The Labute approximate surface area is 449 Å². The van der Waals surface area contributed by atoms with Crippen LogP contribution in [0.4, 0.5) is 0 Å². The zero-order chi connectivity index (χ0) is 56.8. The molecule has 8 rings (SSSR count). The number of fused-ring (bicyclic) bond motifs is 5. The zero-order valence-corrected chi connectivity index (χ0v) is 45.4. The van der Waals surface area contributed by atoms with Crippen molar-refractivity contribution in [1.29, 1.82) is 0 Å². The lowest BCUT2D eigenvalue weighted by molar-refractivity contribution is -0.365. The van der Waals surface area contributed by atoms with Gasteiger partial charge in [0.2, 0.25) is 0 Å². The third-order valence-electron chi connectivity index (χ3n) is 20.6. The van der Waals surface area contributed by atoms with Gasteiger partial charge in [0.25, 0.3) is 0 Å². The van der Waals surface area contributed by atoms with E-state index in [1.807, 2.05) is 6.92 Å². The summed E-state index contributed by atoms with van der Waals surface area (Å²) in [6.45, 7) is 13.6. The summed E-state index contributed by atoms with van der Waals surface area (Å²) in [4.78, 5) is 0. The highest BCUT2D eigenvalue weighted by Gasteiger charge is 2.68. The highest BCUT2D eigenvalue weighted by atomic mass is 16.8. The minimum absolute atomic E-state index is 0.0568. The molecule has 446 valence electrons. The molecule has 24 heteroatoms. The number of aliphatic hydroxyl groups is 16. The van der Waals surface area contributed by atoms with Crippen molar-refractivity contribution in [2.45, 2.75) is 247 Å². The molecule has 0 aromatic heterocycles. The Kier molecular flexibility index (Phi) is 18.5. The summed E-state index contributed by atoms with van der Waals surface area (Å²) >= 11 is 0. The van der Waals surface area contributed by atoms with E-state index in [0.29, 0.717) is 12.8 Å². The number of allylic oxidation sites excluding steroid dienone is 1. The van der Waals surface area contributed by atoms with Crippen LogP contribution in [0.15, 0.2) is 11.6 Å². The molecule has 0 spiro atoms. The van der Waals surface area contributed by atoms with Gasteiger partial charge in [-0.15, -0.1) is 0 Å². The standard InChI is InChI=1S/C53H90O24/c1-21(31(57)38(64)44(69)50(4,5)77-48-41(67)37(63)34(60)27(18-55)73-48)22-13-14-53(8)29-11-9-23-24(51(29,6)15-16-52(22,53)7)10-12-30(49(23,2)3)75-47-42(68)43(76-46-39(65)32(58)25(56)19-70-46)35(61)28(74-47)20-71-45-40(66)36(62)33(59)26(17-54)72-45/h9,21-22,24-48,54-69H,10-20H2,1-8H3/t21-,22+,24+,25+,26+,27+,28+,29+,30-,31-,32-,33+,34+,35+,36-,37-,38+,39-,40+,41+,42+,43-,44+,45+,46-,47-,48-,51-,52+,53-/m0/s1. The van der Waals surface area contributed by atoms with Crippen molar-refractivity contribution < 1.29 is 120 Å². The van der Waals surface area contributed by atoms with Crippen molar-refractivity contribution in [2.24, 2.45) is 45.3 Å². The first-order valence-corrected chi connectivity index (χ1v) is 27.5. The zero-order valence-electron chi connectivity index (χ0n) is 45.4. The van der Waals surface area contributed by atoms with E-state index in [0.717, 1.165) is 32.1 Å². The second-order valence-corrected chi connectivity index (χ2v) is 25.5. The van der Waals surface area contributed by atoms with Crippen molar-refractivity contribution in [2.75, 3.05) is 26.4 Å². The smallest absolute Gasteiger partial charge is 0.187 e. The molecule has 4 aliphatic heterocycles. The summed E-state index contributed by atoms with van der Waals surface area (Å²) in [6.07, 6.45) is -28.2. The van der Waals surface area contributed by atoms with Gasteiger partial charge in [-0.25, -0.2) is 0 Å². The van der Waals surface area contributed by atoms with Gasteiger partial charge in [-0.1, -0.05) is 53.2 Å². The molecule has 4 saturated heterocycles. The first-order chi connectivity index (χ1) is 35.9. The molecule has 4 aliphatic carbocycles. The van der Waals surface area contributed by atoms with Crippen LogP contribution in [-0.4, -0.2) is 255 Å². The van der Waals surface area contributed by atoms with Gasteiger partial charge in [-0.3, -0.25) is 0 Å². The van der Waals surface area contributed by atoms with E-state index in [9.17, 15) is 81.7 Å². The maximum absolute atomic E-state index is 11.9. The van der Waals surface area contributed by atoms with Crippen molar-refractivity contribution in [1.82, 2.24) is 0 Å². The predicted octanol–water partition coefficient (Wildman–Crippen LogP) is -3.62. The van der Waals surface area contributed by atoms with Crippen molar-refractivity contribution in [3.05, 3.63) is 11.6 Å². The Morgan fingerprint density at radius 1 is 0.610 bits per heavy atom. The summed E-state index contributed by atoms with van der Waals surface area (Å²) < 4.78 is 47.1. The quantitative estimate of drug-likeness (QED) is 0.0664. The third kappa shape index (κ3) is 10.8. The Hall–Kier alpha value is -1.22. The van der Waals surface area contributed by atoms with E-state index >= 15 is 0 Å². The second-order valence-electron chi connectivity index (χ2n) is 25.5. The van der Waals surface area contributed by atoms with Gasteiger partial charge in [-0.2, -0.15) is 0 Å². The van der Waals surface area contributed by atoms with Crippen LogP contribution >= 0.6 is 0 Å². The molecule has 8 aliphatic rings. The maximum Gasteiger partial charge on any atom is 0.187 e. The molecule has 0 radical (unpaired) electrons. The fraction of sp³-hybridized carbons (Fsp3) is 0.962. The van der Waals surface area contributed by atoms with Crippen LogP contribution in [0.25, 0.3) is 0 Å². The van der Waals surface area contributed by atoms with Crippen LogP contribution in [0.3, 0.4) is 0 Å². The molecule has 0 aromatic carbocycles. The SMILES string of the molecule is C[C@H]([C@H](O)[C@@H](O)[C@@H](O)C(C)(C)O[C@@H]1O[C@H](CO)[C@@H](O)[C@H](O)[C@H]1O)[C@H]1CC[C@@]2(C)[C@@H]3CC=C4[C@@H](CC[C@H](O[C@@H]5O[C@H](CO[C@@H]6O[C@H](CO)[C@@H](O)[C@H](O)[C@H]6O)[C@@H](O)[C@H](O[C@@H]6OC[C@@H](O)[C@H](O)[C@@H]6O)[C@H]5O)C4(C)C)[C@]3(C)CC[C@]12C. The van der Waals surface area contributed by atoms with Crippen LogP contribution in [0.2, 0.25) is 0 Å². The molecule has 3 saturated carbocycles. The fourth-order valence-electron chi connectivity index (χ4n) is 15.4. The maximum atomic E-state index is 11.9. The first kappa shape index (κ1) is 61.8. The van der Waals surface area contributed by atoms with Gasteiger partial charge >= 0.3 is 0 Å². The number of hydrogen-bond donors (Lipinski definition) is 16. The molecule has 30 atom stereocenters. The Morgan fingerprint density at radius 3 is 1.82 bits per heavy atom. The van der Waals surface area contributed by atoms with Crippen molar-refractivity contribution in [3.63, 3.8) is 0 Å². The predicted molar refractivity (Wildman–Crippen MR) is 263 cm³/mol. The monoisotopic (exact) mass is 1110 g/mol. The van der Waals surface area contributed by atoms with Gasteiger partial charge in [-0.05, 0) is 98.7 Å². The van der Waals surface area contributed by atoms with Crippen molar-refractivity contribution >= 4 is 0 Å². The van der Waals surface area contributed by atoms with Gasteiger partial charge in [0.15, 0.2) is 25.2 Å². The molecule has 16 N–H and O–H groups in total. The molecule has 0 unspecified atom stereocenters. The van der Waals surface area contributed by atoms with Crippen LogP contribution in [0.1, 0.15) is 100 Å². The molecule has 0 amide bonds. The molecule has 0 bridgehead atoms. The number of aliphatic hydroxyl groups excluding tert-OH is 16. The van der Waals surface area contributed by atoms with E-state index in [1.165, 1.54) is 19.4 Å². The molecule has 4 heterocycles. The molecule has 77 heavy (non-hydrogen) atoms. The largest absolute Gasteiger partial charge is 0.394 e. The summed E-state index contributed by atoms with van der Waals surface area (Å²) in [7, 11) is 0. The summed E-state index contributed by atoms with van der Waals surface area (Å²) in [5.41, 5.74) is -1.77. The van der Waals surface area contributed by atoms with Gasteiger partial charge in [0.1, 0.15) is 104 Å². The lowest BCUT2D eigenvalue weighted by Crippen LogP contribution is -2.65. The highest BCUT2D eigenvalue weighted by molar-refractivity contribution is 5.30. The molecule has 7 fully saturated rings. The van der Waals surface area contributed by atoms with Gasteiger partial charge in [0.05, 0.1) is 44.2 Å². The average molecular weight is 1110 g/mol. The first-order valence-electron chi connectivity index (χ1n) is 27.5. The Morgan fingerprint density at radius 2 is 1.19 bits per heavy atom. The Balaban J connectivity index is 0.965. The molecular weight excluding hydrogens is 1020 g/mol. The van der Waals surface area contributed by atoms with Crippen LogP contribution in [-0.2, 0) is 37.9 Å².